The van der Waals surface area contributed by atoms with Gasteiger partial charge in [-0.2, -0.15) is 0 Å². The quantitative estimate of drug-likeness (QED) is 0.481. The van der Waals surface area contributed by atoms with E-state index in [1.807, 2.05) is 0 Å². The SMILES string of the molecule is O=C1OC[C@H]2[C@@H]1[C@@H]1C[C@@H](O)[C@H]2[C@@H]1O. The molecular weight excluding hydrogens is 172 g/mol. The second-order valence-electron chi connectivity index (χ2n) is 4.35. The monoisotopic (exact) mass is 184 g/mol. The first-order valence-electron chi connectivity index (χ1n) is 4.73. The fourth-order valence-corrected chi connectivity index (χ4v) is 3.38. The summed E-state index contributed by atoms with van der Waals surface area (Å²) in [6.07, 6.45) is -0.365. The molecule has 0 aromatic rings. The summed E-state index contributed by atoms with van der Waals surface area (Å²) in [6, 6.07) is 0. The number of hydrogen-bond acceptors (Lipinski definition) is 4. The topological polar surface area (TPSA) is 66.8 Å². The van der Waals surface area contributed by atoms with Gasteiger partial charge in [-0.15, -0.1) is 0 Å². The van der Waals surface area contributed by atoms with E-state index >= 15 is 0 Å². The van der Waals surface area contributed by atoms with E-state index in [1.165, 1.54) is 0 Å². The zero-order valence-electron chi connectivity index (χ0n) is 7.09. The number of carbonyl (C=O) groups excluding carboxylic acids is 1. The van der Waals surface area contributed by atoms with Crippen LogP contribution in [-0.4, -0.2) is 35.0 Å². The molecule has 1 aliphatic heterocycles. The maximum Gasteiger partial charge on any atom is 0.309 e. The molecule has 3 fully saturated rings. The van der Waals surface area contributed by atoms with E-state index in [4.69, 9.17) is 4.74 Å². The second kappa shape index (κ2) is 2.25. The predicted octanol–water partition coefficient (Wildman–Crippen LogP) is -0.853. The molecule has 6 atom stereocenters. The molecular formula is C9H12O4. The highest BCUT2D eigenvalue weighted by Gasteiger charge is 2.63. The third-order valence-corrected chi connectivity index (χ3v) is 3.90. The molecule has 4 nitrogen and oxygen atoms in total. The van der Waals surface area contributed by atoms with Crippen molar-refractivity contribution >= 4 is 5.97 Å². The van der Waals surface area contributed by atoms with Crippen molar-refractivity contribution in [3.63, 3.8) is 0 Å². The number of carbonyl (C=O) groups is 1. The third-order valence-electron chi connectivity index (χ3n) is 3.90. The van der Waals surface area contributed by atoms with Gasteiger partial charge in [-0.1, -0.05) is 0 Å². The molecule has 0 amide bonds. The summed E-state index contributed by atoms with van der Waals surface area (Å²) in [4.78, 5) is 11.3. The van der Waals surface area contributed by atoms with Gasteiger partial charge in [-0.3, -0.25) is 4.79 Å². The molecule has 0 aromatic heterocycles. The van der Waals surface area contributed by atoms with Crippen LogP contribution in [0, 0.1) is 23.7 Å². The second-order valence-corrected chi connectivity index (χ2v) is 4.35. The molecule has 3 aliphatic rings. The normalized spacial score (nSPS) is 58.2. The summed E-state index contributed by atoms with van der Waals surface area (Å²) >= 11 is 0. The van der Waals surface area contributed by atoms with E-state index in [2.05, 4.69) is 0 Å². The lowest BCUT2D eigenvalue weighted by atomic mass is 9.80. The lowest BCUT2D eigenvalue weighted by Crippen LogP contribution is -2.31. The number of fused-ring (bicyclic) bond motifs is 5. The molecule has 13 heavy (non-hydrogen) atoms. The Bertz CT molecular complexity index is 262. The van der Waals surface area contributed by atoms with Crippen molar-refractivity contribution in [1.29, 1.82) is 0 Å². The van der Waals surface area contributed by atoms with Crippen LogP contribution in [0.5, 0.6) is 0 Å². The smallest absolute Gasteiger partial charge is 0.309 e. The molecule has 2 N–H and O–H groups in total. The fourth-order valence-electron chi connectivity index (χ4n) is 3.38. The van der Waals surface area contributed by atoms with E-state index in [0.29, 0.717) is 13.0 Å². The standard InChI is InChI=1S/C9H12O4/c10-5-1-3-6-4(2-13-9(6)12)7(5)8(3)11/h3-8,10-11H,1-2H2/t3-,4-,5+,6-,7-,8+/m0/s1. The van der Waals surface area contributed by atoms with E-state index in [0.717, 1.165) is 0 Å². The number of esters is 1. The van der Waals surface area contributed by atoms with Crippen LogP contribution in [0.2, 0.25) is 0 Å². The molecule has 72 valence electrons. The average molecular weight is 184 g/mol. The molecule has 0 unspecified atom stereocenters. The van der Waals surface area contributed by atoms with E-state index < -0.39 is 12.2 Å². The number of ether oxygens (including phenoxy) is 1. The fraction of sp³-hybridized carbons (Fsp3) is 0.889. The first kappa shape index (κ1) is 7.76. The number of rotatable bonds is 0. The van der Waals surface area contributed by atoms with E-state index in [1.54, 1.807) is 0 Å². The predicted molar refractivity (Wildman–Crippen MR) is 41.5 cm³/mol. The summed E-state index contributed by atoms with van der Waals surface area (Å²) in [5, 5.41) is 19.4. The van der Waals surface area contributed by atoms with Crippen molar-refractivity contribution < 1.29 is 19.7 Å². The first-order valence-corrected chi connectivity index (χ1v) is 4.73. The largest absolute Gasteiger partial charge is 0.465 e. The molecule has 0 radical (unpaired) electrons. The minimum absolute atomic E-state index is 0.0556. The number of hydrogen-bond donors (Lipinski definition) is 2. The van der Waals surface area contributed by atoms with Crippen LogP contribution in [0.1, 0.15) is 6.42 Å². The van der Waals surface area contributed by atoms with Gasteiger partial charge in [-0.05, 0) is 6.42 Å². The number of cyclic esters (lactones) is 1. The number of aliphatic hydroxyl groups is 2. The molecule has 2 saturated carbocycles. The highest BCUT2D eigenvalue weighted by atomic mass is 16.5. The van der Waals surface area contributed by atoms with Crippen molar-refractivity contribution in [2.24, 2.45) is 23.7 Å². The van der Waals surface area contributed by atoms with Crippen molar-refractivity contribution in [3.8, 4) is 0 Å². The summed E-state index contributed by atoms with van der Waals surface area (Å²) < 4.78 is 4.94. The summed E-state index contributed by atoms with van der Waals surface area (Å²) in [7, 11) is 0. The maximum absolute atomic E-state index is 11.3. The average Bonchev–Trinajstić information content (AvgIpc) is 2.64. The van der Waals surface area contributed by atoms with Gasteiger partial charge in [0.15, 0.2) is 0 Å². The van der Waals surface area contributed by atoms with Crippen molar-refractivity contribution in [2.75, 3.05) is 6.61 Å². The van der Waals surface area contributed by atoms with Crippen LogP contribution in [0.25, 0.3) is 0 Å². The van der Waals surface area contributed by atoms with Crippen LogP contribution < -0.4 is 0 Å². The summed E-state index contributed by atoms with van der Waals surface area (Å²) in [5.41, 5.74) is 0. The molecule has 2 bridgehead atoms. The molecule has 1 heterocycles. The Labute approximate surface area is 75.5 Å². The Balaban J connectivity index is 1.98. The van der Waals surface area contributed by atoms with Crippen molar-refractivity contribution in [2.45, 2.75) is 18.6 Å². The maximum atomic E-state index is 11.3. The molecule has 0 aromatic carbocycles. The number of aliphatic hydroxyl groups excluding tert-OH is 2. The highest BCUT2D eigenvalue weighted by Crippen LogP contribution is 2.55. The lowest BCUT2D eigenvalue weighted by molar-refractivity contribution is -0.143. The van der Waals surface area contributed by atoms with Gasteiger partial charge in [0.1, 0.15) is 0 Å². The highest BCUT2D eigenvalue weighted by molar-refractivity contribution is 5.76. The Morgan fingerprint density at radius 2 is 2.08 bits per heavy atom. The Kier molecular flexibility index (Phi) is 1.34. The molecule has 1 saturated heterocycles. The zero-order valence-corrected chi connectivity index (χ0v) is 7.09. The van der Waals surface area contributed by atoms with Crippen LogP contribution in [0.3, 0.4) is 0 Å². The van der Waals surface area contributed by atoms with Gasteiger partial charge in [0.2, 0.25) is 0 Å². The molecule has 0 spiro atoms. The minimum atomic E-state index is -0.488. The lowest BCUT2D eigenvalue weighted by Gasteiger charge is -2.23. The third kappa shape index (κ3) is 0.758. The van der Waals surface area contributed by atoms with Gasteiger partial charge in [-0.25, -0.2) is 0 Å². The van der Waals surface area contributed by atoms with Crippen molar-refractivity contribution in [1.82, 2.24) is 0 Å². The Morgan fingerprint density at radius 1 is 1.31 bits per heavy atom. The Hall–Kier alpha value is -0.610. The van der Waals surface area contributed by atoms with Gasteiger partial charge in [0, 0.05) is 17.8 Å². The minimum Gasteiger partial charge on any atom is -0.465 e. The van der Waals surface area contributed by atoms with Gasteiger partial charge >= 0.3 is 5.97 Å². The Morgan fingerprint density at radius 3 is 2.85 bits per heavy atom. The van der Waals surface area contributed by atoms with E-state index in [-0.39, 0.29) is 29.6 Å². The summed E-state index contributed by atoms with van der Waals surface area (Å²) in [6.45, 7) is 0.388. The van der Waals surface area contributed by atoms with Gasteiger partial charge in [0.05, 0.1) is 24.7 Å². The molecule has 2 aliphatic carbocycles. The van der Waals surface area contributed by atoms with Crippen LogP contribution >= 0.6 is 0 Å². The van der Waals surface area contributed by atoms with Crippen LogP contribution in [-0.2, 0) is 9.53 Å². The van der Waals surface area contributed by atoms with Gasteiger partial charge < -0.3 is 14.9 Å². The summed E-state index contributed by atoms with van der Waals surface area (Å²) in [5.74, 6) is -0.426. The van der Waals surface area contributed by atoms with Crippen molar-refractivity contribution in [3.05, 3.63) is 0 Å². The first-order chi connectivity index (χ1) is 6.20. The van der Waals surface area contributed by atoms with Gasteiger partial charge in [0.25, 0.3) is 0 Å². The van der Waals surface area contributed by atoms with Crippen LogP contribution in [0.4, 0.5) is 0 Å². The molecule has 4 heteroatoms. The van der Waals surface area contributed by atoms with Crippen LogP contribution in [0.15, 0.2) is 0 Å². The molecule has 3 rings (SSSR count). The zero-order chi connectivity index (χ0) is 9.16. The van der Waals surface area contributed by atoms with E-state index in [9.17, 15) is 15.0 Å².